The number of ether oxygens (including phenoxy) is 1. The fraction of sp³-hybridized carbons (Fsp3) is 0.533. The summed E-state index contributed by atoms with van der Waals surface area (Å²) in [6, 6.07) is 7.91. The van der Waals surface area contributed by atoms with Crippen LogP contribution in [0.1, 0.15) is 24.8 Å². The van der Waals surface area contributed by atoms with Gasteiger partial charge in [0.25, 0.3) is 0 Å². The van der Waals surface area contributed by atoms with Gasteiger partial charge in [0.2, 0.25) is 0 Å². The molecule has 110 valence electrons. The molecule has 1 fully saturated rings. The maximum Gasteiger partial charge on any atom is 0.326 e. The highest BCUT2D eigenvalue weighted by Gasteiger charge is 2.45. The van der Waals surface area contributed by atoms with E-state index in [4.69, 9.17) is 16.3 Å². The van der Waals surface area contributed by atoms with Gasteiger partial charge in [0, 0.05) is 16.0 Å². The molecule has 2 unspecified atom stereocenters. The molecule has 0 saturated heterocycles. The summed E-state index contributed by atoms with van der Waals surface area (Å²) < 4.78 is 4.93. The zero-order valence-corrected chi connectivity index (χ0v) is 13.4. The second kappa shape index (κ2) is 6.83. The van der Waals surface area contributed by atoms with Crippen molar-refractivity contribution in [1.29, 1.82) is 0 Å². The molecule has 3 nitrogen and oxygen atoms in total. The van der Waals surface area contributed by atoms with Crippen LogP contribution in [0, 0.1) is 0 Å². The van der Waals surface area contributed by atoms with Gasteiger partial charge in [-0.05, 0) is 37.9 Å². The van der Waals surface area contributed by atoms with E-state index in [1.165, 1.54) is 7.11 Å². The summed E-state index contributed by atoms with van der Waals surface area (Å²) in [6.45, 7) is 0. The average Bonchev–Trinajstić information content (AvgIpc) is 2.90. The van der Waals surface area contributed by atoms with E-state index in [1.807, 2.05) is 37.0 Å². The van der Waals surface area contributed by atoms with Gasteiger partial charge in [-0.25, -0.2) is 0 Å². The molecular formula is C15H20ClNO2S. The number of carbonyl (C=O) groups is 1. The number of hydrogen-bond donors (Lipinski definition) is 1. The van der Waals surface area contributed by atoms with Crippen molar-refractivity contribution in [1.82, 2.24) is 5.32 Å². The van der Waals surface area contributed by atoms with Crippen LogP contribution in [-0.4, -0.2) is 30.9 Å². The number of likely N-dealkylation sites (N-methyl/N-ethyl adjacent to an activating group) is 1. The van der Waals surface area contributed by atoms with E-state index in [-0.39, 0.29) is 5.97 Å². The average molecular weight is 314 g/mol. The van der Waals surface area contributed by atoms with Crippen molar-refractivity contribution in [2.45, 2.75) is 35.8 Å². The first-order valence-electron chi connectivity index (χ1n) is 6.73. The zero-order valence-electron chi connectivity index (χ0n) is 11.8. The molecule has 2 atom stereocenters. The minimum Gasteiger partial charge on any atom is -0.468 e. The highest BCUT2D eigenvalue weighted by molar-refractivity contribution is 7.99. The van der Waals surface area contributed by atoms with Gasteiger partial charge in [-0.3, -0.25) is 4.79 Å². The third-order valence-corrected chi connectivity index (χ3v) is 5.68. The van der Waals surface area contributed by atoms with E-state index in [1.54, 1.807) is 0 Å². The lowest BCUT2D eigenvalue weighted by Gasteiger charge is -2.25. The molecule has 1 N–H and O–H groups in total. The van der Waals surface area contributed by atoms with Crippen LogP contribution in [0.3, 0.4) is 0 Å². The number of rotatable bonds is 5. The Morgan fingerprint density at radius 3 is 2.95 bits per heavy atom. The number of halogens is 1. The highest BCUT2D eigenvalue weighted by Crippen LogP contribution is 2.39. The van der Waals surface area contributed by atoms with E-state index in [0.717, 1.165) is 35.6 Å². The van der Waals surface area contributed by atoms with Crippen LogP contribution in [-0.2, 0) is 15.3 Å². The smallest absolute Gasteiger partial charge is 0.326 e. The summed E-state index contributed by atoms with van der Waals surface area (Å²) in [5.74, 6) is 0.728. The Hall–Kier alpha value is -0.710. The van der Waals surface area contributed by atoms with Crippen molar-refractivity contribution in [2.24, 2.45) is 0 Å². The predicted molar refractivity (Wildman–Crippen MR) is 84.2 cm³/mol. The largest absolute Gasteiger partial charge is 0.468 e. The van der Waals surface area contributed by atoms with Crippen molar-refractivity contribution in [3.63, 3.8) is 0 Å². The van der Waals surface area contributed by atoms with E-state index in [0.29, 0.717) is 5.25 Å². The topological polar surface area (TPSA) is 38.3 Å². The monoisotopic (exact) mass is 313 g/mol. The Morgan fingerprint density at radius 1 is 1.55 bits per heavy atom. The second-order valence-electron chi connectivity index (χ2n) is 5.09. The van der Waals surface area contributed by atoms with Crippen molar-refractivity contribution in [2.75, 3.05) is 14.2 Å². The molecule has 0 radical (unpaired) electrons. The molecule has 0 heterocycles. The number of hydrogen-bond acceptors (Lipinski definition) is 4. The molecule has 1 aromatic rings. The number of benzene rings is 1. The number of esters is 1. The van der Waals surface area contributed by atoms with Gasteiger partial charge >= 0.3 is 5.97 Å². The van der Waals surface area contributed by atoms with Crippen LogP contribution in [0.2, 0.25) is 5.02 Å². The zero-order chi connectivity index (χ0) is 14.6. The third kappa shape index (κ3) is 3.30. The molecule has 0 amide bonds. The second-order valence-corrected chi connectivity index (χ2v) is 6.79. The van der Waals surface area contributed by atoms with Gasteiger partial charge in [-0.1, -0.05) is 29.8 Å². The molecule has 1 aliphatic rings. The lowest BCUT2D eigenvalue weighted by atomic mass is 9.98. The van der Waals surface area contributed by atoms with E-state index in [9.17, 15) is 4.79 Å². The fourth-order valence-corrected chi connectivity index (χ4v) is 4.31. The quantitative estimate of drug-likeness (QED) is 0.847. The molecule has 0 spiro atoms. The SMILES string of the molecule is CNC1(C(=O)OC)CCC(SCc2ccccc2Cl)C1. The molecular weight excluding hydrogens is 294 g/mol. The normalized spacial score (nSPS) is 25.6. The molecule has 2 rings (SSSR count). The van der Waals surface area contributed by atoms with Crippen LogP contribution in [0.15, 0.2) is 24.3 Å². The molecule has 0 aromatic heterocycles. The maximum atomic E-state index is 11.9. The highest BCUT2D eigenvalue weighted by atomic mass is 35.5. The van der Waals surface area contributed by atoms with Crippen molar-refractivity contribution < 1.29 is 9.53 Å². The Bertz CT molecular complexity index is 483. The Morgan fingerprint density at radius 2 is 2.30 bits per heavy atom. The predicted octanol–water partition coefficient (Wildman–Crippen LogP) is 3.26. The van der Waals surface area contributed by atoms with Crippen LogP contribution in [0.25, 0.3) is 0 Å². The number of nitrogens with one attached hydrogen (secondary N) is 1. The molecule has 0 bridgehead atoms. The summed E-state index contributed by atoms with van der Waals surface area (Å²) >= 11 is 8.03. The summed E-state index contributed by atoms with van der Waals surface area (Å²) in [4.78, 5) is 11.9. The van der Waals surface area contributed by atoms with Crippen LogP contribution in [0.5, 0.6) is 0 Å². The van der Waals surface area contributed by atoms with Gasteiger partial charge in [0.15, 0.2) is 0 Å². The number of methoxy groups -OCH3 is 1. The van der Waals surface area contributed by atoms with E-state index >= 15 is 0 Å². The molecule has 1 aliphatic carbocycles. The van der Waals surface area contributed by atoms with Gasteiger partial charge in [0.1, 0.15) is 5.54 Å². The summed E-state index contributed by atoms with van der Waals surface area (Å²) in [7, 11) is 3.28. The van der Waals surface area contributed by atoms with Crippen LogP contribution in [0.4, 0.5) is 0 Å². The van der Waals surface area contributed by atoms with E-state index < -0.39 is 5.54 Å². The minimum absolute atomic E-state index is 0.152. The van der Waals surface area contributed by atoms with Gasteiger partial charge in [-0.15, -0.1) is 0 Å². The Kier molecular flexibility index (Phi) is 5.35. The van der Waals surface area contributed by atoms with Crippen molar-refractivity contribution in [3.8, 4) is 0 Å². The standard InChI is InChI=1S/C15H20ClNO2S/c1-17-15(14(18)19-2)8-7-12(9-15)20-10-11-5-3-4-6-13(11)16/h3-6,12,17H,7-10H2,1-2H3. The third-order valence-electron chi connectivity index (χ3n) is 3.96. The van der Waals surface area contributed by atoms with Crippen LogP contribution < -0.4 is 5.32 Å². The lowest BCUT2D eigenvalue weighted by molar-refractivity contribution is -0.148. The summed E-state index contributed by atoms with van der Waals surface area (Å²) in [6.07, 6.45) is 2.66. The molecule has 1 aromatic carbocycles. The van der Waals surface area contributed by atoms with Gasteiger partial charge in [-0.2, -0.15) is 11.8 Å². The first-order valence-corrected chi connectivity index (χ1v) is 8.16. The van der Waals surface area contributed by atoms with Crippen molar-refractivity contribution in [3.05, 3.63) is 34.9 Å². The first-order chi connectivity index (χ1) is 9.61. The molecule has 5 heteroatoms. The van der Waals surface area contributed by atoms with Crippen molar-refractivity contribution >= 4 is 29.3 Å². The van der Waals surface area contributed by atoms with E-state index in [2.05, 4.69) is 11.4 Å². The Balaban J connectivity index is 1.93. The molecule has 20 heavy (non-hydrogen) atoms. The first kappa shape index (κ1) is 15.7. The number of carbonyl (C=O) groups excluding carboxylic acids is 1. The summed E-state index contributed by atoms with van der Waals surface area (Å²) in [5, 5.41) is 4.42. The van der Waals surface area contributed by atoms with Gasteiger partial charge in [0.05, 0.1) is 7.11 Å². The molecule has 1 saturated carbocycles. The number of thioether (sulfide) groups is 1. The van der Waals surface area contributed by atoms with Crippen LogP contribution >= 0.6 is 23.4 Å². The fourth-order valence-electron chi connectivity index (χ4n) is 2.68. The Labute approximate surface area is 129 Å². The maximum absolute atomic E-state index is 11.9. The molecule has 0 aliphatic heterocycles. The lowest BCUT2D eigenvalue weighted by Crippen LogP contribution is -2.49. The van der Waals surface area contributed by atoms with Gasteiger partial charge < -0.3 is 10.1 Å². The minimum atomic E-state index is -0.507. The summed E-state index contributed by atoms with van der Waals surface area (Å²) in [5.41, 5.74) is 0.645.